The first-order chi connectivity index (χ1) is 11.9. The highest BCUT2D eigenvalue weighted by Gasteiger charge is 2.45. The van der Waals surface area contributed by atoms with Crippen LogP contribution in [0.4, 0.5) is 4.39 Å². The Kier molecular flexibility index (Phi) is 4.60. The van der Waals surface area contributed by atoms with Crippen LogP contribution in [0, 0.1) is 5.82 Å². The molecule has 2 aromatic carbocycles. The van der Waals surface area contributed by atoms with E-state index in [1.54, 1.807) is 13.0 Å². The first-order valence-corrected chi connectivity index (χ1v) is 8.45. The van der Waals surface area contributed by atoms with Gasteiger partial charge in [-0.1, -0.05) is 25.1 Å². The van der Waals surface area contributed by atoms with Crippen molar-refractivity contribution in [2.24, 2.45) is 0 Å². The summed E-state index contributed by atoms with van der Waals surface area (Å²) in [5.41, 5.74) is 0.665. The van der Waals surface area contributed by atoms with Crippen LogP contribution in [0.2, 0.25) is 0 Å². The number of halogens is 1. The zero-order valence-electron chi connectivity index (χ0n) is 14.3. The standard InChI is InChI=1S/C20H19FO3S/c1-4-20(2)19(22)17(13-7-10-16(23-3)15(21)11-13)18(24-20)12-5-8-14(25)9-6-12/h5-11,25H,4H2,1-3H3. The average Bonchev–Trinajstić information content (AvgIpc) is 2.88. The largest absolute Gasteiger partial charge is 0.494 e. The van der Waals surface area contributed by atoms with E-state index >= 15 is 0 Å². The van der Waals surface area contributed by atoms with Crippen LogP contribution >= 0.6 is 12.6 Å². The third-order valence-corrected chi connectivity index (χ3v) is 4.80. The van der Waals surface area contributed by atoms with Gasteiger partial charge in [0.25, 0.3) is 0 Å². The first-order valence-electron chi connectivity index (χ1n) is 8.01. The van der Waals surface area contributed by atoms with Gasteiger partial charge in [0.1, 0.15) is 5.76 Å². The van der Waals surface area contributed by atoms with Gasteiger partial charge in [-0.25, -0.2) is 4.39 Å². The second kappa shape index (κ2) is 6.56. The van der Waals surface area contributed by atoms with E-state index in [9.17, 15) is 9.18 Å². The van der Waals surface area contributed by atoms with E-state index in [1.165, 1.54) is 19.2 Å². The number of Topliss-reactive ketones (excluding diaryl/α,β-unsaturated/α-hetero) is 1. The summed E-state index contributed by atoms with van der Waals surface area (Å²) in [6, 6.07) is 11.8. The molecule has 5 heteroatoms. The van der Waals surface area contributed by atoms with Gasteiger partial charge >= 0.3 is 0 Å². The Hall–Kier alpha value is -2.27. The van der Waals surface area contributed by atoms with Gasteiger partial charge in [0, 0.05) is 10.5 Å². The zero-order valence-corrected chi connectivity index (χ0v) is 15.2. The van der Waals surface area contributed by atoms with Crippen LogP contribution in [0.5, 0.6) is 5.75 Å². The molecule has 2 aromatic rings. The van der Waals surface area contributed by atoms with Gasteiger partial charge in [-0.2, -0.15) is 0 Å². The normalized spacial score (nSPS) is 20.0. The van der Waals surface area contributed by atoms with E-state index in [0.717, 1.165) is 10.5 Å². The van der Waals surface area contributed by atoms with Crippen LogP contribution in [0.15, 0.2) is 47.4 Å². The van der Waals surface area contributed by atoms with E-state index in [0.29, 0.717) is 23.3 Å². The predicted molar refractivity (Wildman–Crippen MR) is 98.2 cm³/mol. The molecule has 0 bridgehead atoms. The summed E-state index contributed by atoms with van der Waals surface area (Å²) in [5.74, 6) is -0.0674. The molecule has 0 aromatic heterocycles. The fourth-order valence-corrected chi connectivity index (χ4v) is 2.97. The van der Waals surface area contributed by atoms with E-state index in [2.05, 4.69) is 12.6 Å². The Bertz CT molecular complexity index is 858. The lowest BCUT2D eigenvalue weighted by molar-refractivity contribution is -0.126. The molecule has 0 saturated heterocycles. The van der Waals surface area contributed by atoms with E-state index < -0.39 is 11.4 Å². The number of carbonyl (C=O) groups is 1. The van der Waals surface area contributed by atoms with Crippen molar-refractivity contribution >= 4 is 29.7 Å². The Morgan fingerprint density at radius 1 is 1.16 bits per heavy atom. The summed E-state index contributed by atoms with van der Waals surface area (Å²) >= 11 is 4.28. The van der Waals surface area contributed by atoms with Crippen molar-refractivity contribution in [3.63, 3.8) is 0 Å². The molecule has 0 spiro atoms. The lowest BCUT2D eigenvalue weighted by Gasteiger charge is -2.21. The molecule has 0 N–H and O–H groups in total. The van der Waals surface area contributed by atoms with Crippen molar-refractivity contribution in [1.82, 2.24) is 0 Å². The molecule has 1 aliphatic rings. The number of rotatable bonds is 4. The summed E-state index contributed by atoms with van der Waals surface area (Å²) in [5, 5.41) is 0. The molecular formula is C20H19FO3S. The summed E-state index contributed by atoms with van der Waals surface area (Å²) in [4.78, 5) is 13.8. The number of methoxy groups -OCH3 is 1. The number of ether oxygens (including phenoxy) is 2. The van der Waals surface area contributed by atoms with E-state index in [1.807, 2.05) is 31.2 Å². The maximum absolute atomic E-state index is 14.2. The number of hydrogen-bond donors (Lipinski definition) is 1. The summed E-state index contributed by atoms with van der Waals surface area (Å²) in [7, 11) is 1.40. The molecule has 3 nitrogen and oxygen atoms in total. The molecule has 1 unspecified atom stereocenters. The van der Waals surface area contributed by atoms with E-state index in [4.69, 9.17) is 9.47 Å². The van der Waals surface area contributed by atoms with E-state index in [-0.39, 0.29) is 11.5 Å². The van der Waals surface area contributed by atoms with Gasteiger partial charge in [-0.15, -0.1) is 12.6 Å². The maximum Gasteiger partial charge on any atom is 0.210 e. The number of benzene rings is 2. The van der Waals surface area contributed by atoms with Crippen LogP contribution in [0.1, 0.15) is 31.4 Å². The third-order valence-electron chi connectivity index (χ3n) is 4.51. The van der Waals surface area contributed by atoms with Crippen molar-refractivity contribution in [3.05, 3.63) is 59.4 Å². The van der Waals surface area contributed by atoms with Crippen molar-refractivity contribution < 1.29 is 18.7 Å². The van der Waals surface area contributed by atoms with Crippen LogP contribution in [0.3, 0.4) is 0 Å². The molecular weight excluding hydrogens is 339 g/mol. The van der Waals surface area contributed by atoms with Gasteiger partial charge in [-0.3, -0.25) is 4.79 Å². The summed E-state index contributed by atoms with van der Waals surface area (Å²) in [6.07, 6.45) is 0.516. The Balaban J connectivity index is 2.18. The molecule has 1 aliphatic heterocycles. The molecule has 1 atom stereocenters. The van der Waals surface area contributed by atoms with Gasteiger partial charge in [0.2, 0.25) is 5.78 Å². The lowest BCUT2D eigenvalue weighted by Crippen LogP contribution is -2.32. The topological polar surface area (TPSA) is 35.5 Å². The van der Waals surface area contributed by atoms with Crippen LogP contribution < -0.4 is 4.74 Å². The summed E-state index contributed by atoms with van der Waals surface area (Å²) < 4.78 is 25.2. The second-order valence-corrected chi connectivity index (χ2v) is 6.63. The van der Waals surface area contributed by atoms with Gasteiger partial charge < -0.3 is 9.47 Å². The highest BCUT2D eigenvalue weighted by atomic mass is 32.1. The fourth-order valence-electron chi connectivity index (χ4n) is 2.82. The van der Waals surface area contributed by atoms with Crippen molar-refractivity contribution in [2.75, 3.05) is 7.11 Å². The molecule has 25 heavy (non-hydrogen) atoms. The fraction of sp³-hybridized carbons (Fsp3) is 0.250. The van der Waals surface area contributed by atoms with Crippen molar-refractivity contribution in [1.29, 1.82) is 0 Å². The quantitative estimate of drug-likeness (QED) is 0.801. The third kappa shape index (κ3) is 3.04. The molecule has 1 heterocycles. The van der Waals surface area contributed by atoms with Gasteiger partial charge in [-0.05, 0) is 43.2 Å². The highest BCUT2D eigenvalue weighted by molar-refractivity contribution is 7.80. The minimum Gasteiger partial charge on any atom is -0.494 e. The smallest absolute Gasteiger partial charge is 0.210 e. The minimum atomic E-state index is -0.958. The molecule has 130 valence electrons. The lowest BCUT2D eigenvalue weighted by atomic mass is 9.90. The van der Waals surface area contributed by atoms with Crippen molar-refractivity contribution in [2.45, 2.75) is 30.8 Å². The Morgan fingerprint density at radius 2 is 1.80 bits per heavy atom. The highest BCUT2D eigenvalue weighted by Crippen LogP contribution is 2.43. The van der Waals surface area contributed by atoms with Gasteiger partial charge in [0.15, 0.2) is 17.2 Å². The average molecular weight is 358 g/mol. The number of hydrogen-bond acceptors (Lipinski definition) is 4. The Labute approximate surface area is 151 Å². The number of ketones is 1. The molecule has 0 saturated carbocycles. The molecule has 0 amide bonds. The zero-order chi connectivity index (χ0) is 18.2. The second-order valence-electron chi connectivity index (χ2n) is 6.12. The molecule has 0 fully saturated rings. The first kappa shape index (κ1) is 17.5. The molecule has 0 radical (unpaired) electrons. The van der Waals surface area contributed by atoms with Crippen LogP contribution in [-0.2, 0) is 9.53 Å². The van der Waals surface area contributed by atoms with Gasteiger partial charge in [0.05, 0.1) is 12.7 Å². The summed E-state index contributed by atoms with van der Waals surface area (Å²) in [6.45, 7) is 3.65. The Morgan fingerprint density at radius 3 is 2.36 bits per heavy atom. The van der Waals surface area contributed by atoms with Crippen molar-refractivity contribution in [3.8, 4) is 5.75 Å². The SMILES string of the molecule is CCC1(C)OC(c2ccc(S)cc2)=C(c2ccc(OC)c(F)c2)C1=O. The predicted octanol–water partition coefficient (Wildman–Crippen LogP) is 4.76. The van der Waals surface area contributed by atoms with Crippen LogP contribution in [-0.4, -0.2) is 18.5 Å². The maximum atomic E-state index is 14.2. The molecule has 0 aliphatic carbocycles. The van der Waals surface area contributed by atoms with Crippen LogP contribution in [0.25, 0.3) is 11.3 Å². The minimum absolute atomic E-state index is 0.134. The molecule has 3 rings (SSSR count). The monoisotopic (exact) mass is 358 g/mol. The number of carbonyl (C=O) groups excluding carboxylic acids is 1. The number of thiol groups is 1.